The first-order chi connectivity index (χ1) is 10.2. The number of methoxy groups -OCH3 is 1. The molecule has 108 valence electrons. The fraction of sp³-hybridized carbons (Fsp3) is 0.250. The lowest BCUT2D eigenvalue weighted by atomic mass is 10.1. The van der Waals surface area contributed by atoms with Crippen molar-refractivity contribution in [2.24, 2.45) is 0 Å². The van der Waals surface area contributed by atoms with Crippen LogP contribution in [-0.2, 0) is 24.4 Å². The topological polar surface area (TPSA) is 68.5 Å². The zero-order valence-corrected chi connectivity index (χ0v) is 11.9. The van der Waals surface area contributed by atoms with E-state index >= 15 is 0 Å². The Labute approximate surface area is 123 Å². The summed E-state index contributed by atoms with van der Waals surface area (Å²) < 4.78 is 4.66. The van der Waals surface area contributed by atoms with Crippen LogP contribution in [0.3, 0.4) is 0 Å². The Morgan fingerprint density at radius 3 is 2.81 bits per heavy atom. The molecule has 0 unspecified atom stereocenters. The van der Waals surface area contributed by atoms with Crippen molar-refractivity contribution < 1.29 is 9.53 Å². The molecule has 0 saturated carbocycles. The van der Waals surface area contributed by atoms with E-state index in [2.05, 4.69) is 20.7 Å². The molecule has 5 heteroatoms. The number of hydrogen-bond acceptors (Lipinski definition) is 5. The van der Waals surface area contributed by atoms with Crippen LogP contribution in [0.15, 0.2) is 36.5 Å². The lowest BCUT2D eigenvalue weighted by Crippen LogP contribution is -2.16. The maximum Gasteiger partial charge on any atom is 0.339 e. The van der Waals surface area contributed by atoms with E-state index < -0.39 is 0 Å². The van der Waals surface area contributed by atoms with Crippen LogP contribution in [0.2, 0.25) is 0 Å². The molecule has 1 aliphatic heterocycles. The second-order valence-corrected chi connectivity index (χ2v) is 5.20. The number of pyridine rings is 1. The second-order valence-electron chi connectivity index (χ2n) is 5.20. The fourth-order valence-corrected chi connectivity index (χ4v) is 2.58. The molecule has 0 bridgehead atoms. The van der Waals surface area contributed by atoms with Crippen molar-refractivity contribution in [3.05, 3.63) is 58.9 Å². The molecule has 1 aliphatic rings. The van der Waals surface area contributed by atoms with Crippen LogP contribution in [0.4, 0.5) is 5.69 Å². The quantitative estimate of drug-likeness (QED) is 0.689. The first kappa shape index (κ1) is 13.6. The molecule has 2 heterocycles. The van der Waals surface area contributed by atoms with Gasteiger partial charge in [-0.25, -0.2) is 4.79 Å². The van der Waals surface area contributed by atoms with Crippen molar-refractivity contribution in [1.29, 1.82) is 0 Å². The summed E-state index contributed by atoms with van der Waals surface area (Å²) in [7, 11) is 1.36. The average molecular weight is 283 g/mol. The minimum Gasteiger partial charge on any atom is -0.465 e. The number of carbonyl (C=O) groups is 1. The van der Waals surface area contributed by atoms with E-state index in [1.807, 2.05) is 18.2 Å². The number of anilines is 1. The Morgan fingerprint density at radius 2 is 2.10 bits per heavy atom. The molecule has 0 amide bonds. The molecule has 3 rings (SSSR count). The number of ether oxygens (including phenoxy) is 1. The van der Waals surface area contributed by atoms with Crippen LogP contribution in [-0.4, -0.2) is 23.0 Å². The van der Waals surface area contributed by atoms with Crippen molar-refractivity contribution in [2.75, 3.05) is 12.8 Å². The molecule has 0 radical (unpaired) electrons. The van der Waals surface area contributed by atoms with Gasteiger partial charge in [0.15, 0.2) is 0 Å². The van der Waals surface area contributed by atoms with Gasteiger partial charge in [-0.05, 0) is 35.4 Å². The summed E-state index contributed by atoms with van der Waals surface area (Å²) in [5.74, 6) is -0.363. The molecule has 0 atom stereocenters. The molecule has 1 aromatic heterocycles. The number of nitrogen functional groups attached to an aromatic ring is 1. The molecule has 21 heavy (non-hydrogen) atoms. The lowest BCUT2D eigenvalue weighted by Gasteiger charge is -2.14. The Morgan fingerprint density at radius 1 is 1.29 bits per heavy atom. The van der Waals surface area contributed by atoms with E-state index in [4.69, 9.17) is 5.73 Å². The first-order valence-corrected chi connectivity index (χ1v) is 6.78. The summed E-state index contributed by atoms with van der Waals surface area (Å²) in [4.78, 5) is 18.0. The minimum absolute atomic E-state index is 0.363. The number of hydrogen-bond donors (Lipinski definition) is 1. The van der Waals surface area contributed by atoms with Crippen LogP contribution in [0, 0.1) is 0 Å². The number of aromatic nitrogens is 1. The lowest BCUT2D eigenvalue weighted by molar-refractivity contribution is 0.0600. The highest BCUT2D eigenvalue weighted by molar-refractivity contribution is 5.88. The normalized spacial score (nSPS) is 14.0. The van der Waals surface area contributed by atoms with Gasteiger partial charge in [0.25, 0.3) is 0 Å². The number of nitrogens with two attached hydrogens (primary N) is 1. The van der Waals surface area contributed by atoms with Crippen molar-refractivity contribution in [1.82, 2.24) is 9.88 Å². The summed E-state index contributed by atoms with van der Waals surface area (Å²) >= 11 is 0. The SMILES string of the molecule is COC(=O)c1ccc(CN2Cc3ccc(N)cc3C2)nc1. The number of nitrogens with zero attached hydrogens (tertiary/aromatic N) is 2. The van der Waals surface area contributed by atoms with Gasteiger partial charge in [-0.2, -0.15) is 0 Å². The number of rotatable bonds is 3. The molecule has 2 N–H and O–H groups in total. The van der Waals surface area contributed by atoms with Gasteiger partial charge >= 0.3 is 5.97 Å². The van der Waals surface area contributed by atoms with Crippen molar-refractivity contribution in [3.63, 3.8) is 0 Å². The van der Waals surface area contributed by atoms with Crippen LogP contribution < -0.4 is 5.73 Å². The van der Waals surface area contributed by atoms with Crippen LogP contribution in [0.1, 0.15) is 27.2 Å². The van der Waals surface area contributed by atoms with E-state index in [9.17, 15) is 4.79 Å². The highest BCUT2D eigenvalue weighted by Crippen LogP contribution is 2.25. The zero-order chi connectivity index (χ0) is 14.8. The molecule has 2 aromatic rings. The predicted molar refractivity (Wildman–Crippen MR) is 79.4 cm³/mol. The van der Waals surface area contributed by atoms with Gasteiger partial charge in [0, 0.05) is 31.5 Å². The van der Waals surface area contributed by atoms with Gasteiger partial charge in [0.2, 0.25) is 0 Å². The Bertz CT molecular complexity index is 668. The number of esters is 1. The van der Waals surface area contributed by atoms with E-state index in [0.717, 1.165) is 31.0 Å². The summed E-state index contributed by atoms with van der Waals surface area (Å²) in [5.41, 5.74) is 10.6. The highest BCUT2D eigenvalue weighted by Gasteiger charge is 2.19. The van der Waals surface area contributed by atoms with Crippen LogP contribution in [0.25, 0.3) is 0 Å². The molecule has 0 spiro atoms. The summed E-state index contributed by atoms with van der Waals surface area (Å²) in [6.45, 7) is 2.52. The van der Waals surface area contributed by atoms with E-state index in [1.165, 1.54) is 18.2 Å². The number of fused-ring (bicyclic) bond motifs is 1. The molecule has 0 fully saturated rings. The van der Waals surface area contributed by atoms with Gasteiger partial charge in [0.1, 0.15) is 0 Å². The standard InChI is InChI=1S/C16H17N3O2/c1-21-16(20)11-3-5-15(18-7-11)10-19-8-12-2-4-14(17)6-13(12)9-19/h2-7H,8-10,17H2,1H3. The van der Waals surface area contributed by atoms with Gasteiger partial charge in [-0.1, -0.05) is 6.07 Å². The molecule has 0 saturated heterocycles. The first-order valence-electron chi connectivity index (χ1n) is 6.78. The largest absolute Gasteiger partial charge is 0.465 e. The summed E-state index contributed by atoms with van der Waals surface area (Å²) in [6, 6.07) is 9.66. The van der Waals surface area contributed by atoms with Crippen molar-refractivity contribution in [3.8, 4) is 0 Å². The van der Waals surface area contributed by atoms with Gasteiger partial charge in [-0.3, -0.25) is 9.88 Å². The summed E-state index contributed by atoms with van der Waals surface area (Å²) in [6.07, 6.45) is 1.56. The molecule has 5 nitrogen and oxygen atoms in total. The third kappa shape index (κ3) is 2.87. The smallest absolute Gasteiger partial charge is 0.339 e. The monoisotopic (exact) mass is 283 g/mol. The van der Waals surface area contributed by atoms with Gasteiger partial charge < -0.3 is 10.5 Å². The van der Waals surface area contributed by atoms with E-state index in [0.29, 0.717) is 5.56 Å². The van der Waals surface area contributed by atoms with Gasteiger partial charge in [0.05, 0.1) is 18.4 Å². The number of carbonyl (C=O) groups excluding carboxylic acids is 1. The van der Waals surface area contributed by atoms with Crippen LogP contribution >= 0.6 is 0 Å². The van der Waals surface area contributed by atoms with E-state index in [1.54, 1.807) is 12.3 Å². The van der Waals surface area contributed by atoms with Crippen LogP contribution in [0.5, 0.6) is 0 Å². The molecular formula is C16H17N3O2. The minimum atomic E-state index is -0.363. The average Bonchev–Trinajstić information content (AvgIpc) is 2.88. The van der Waals surface area contributed by atoms with E-state index in [-0.39, 0.29) is 5.97 Å². The Hall–Kier alpha value is -2.40. The maximum absolute atomic E-state index is 11.4. The second kappa shape index (κ2) is 5.54. The Balaban J connectivity index is 1.67. The zero-order valence-electron chi connectivity index (χ0n) is 11.9. The third-order valence-corrected chi connectivity index (χ3v) is 3.65. The third-order valence-electron chi connectivity index (χ3n) is 3.65. The highest BCUT2D eigenvalue weighted by atomic mass is 16.5. The maximum atomic E-state index is 11.4. The fourth-order valence-electron chi connectivity index (χ4n) is 2.58. The molecule has 0 aliphatic carbocycles. The molecule has 1 aromatic carbocycles. The summed E-state index contributed by atoms with van der Waals surface area (Å²) in [5, 5.41) is 0. The Kier molecular flexibility index (Phi) is 3.58. The van der Waals surface area contributed by atoms with Crippen molar-refractivity contribution >= 4 is 11.7 Å². The van der Waals surface area contributed by atoms with Gasteiger partial charge in [-0.15, -0.1) is 0 Å². The van der Waals surface area contributed by atoms with Crippen molar-refractivity contribution in [2.45, 2.75) is 19.6 Å². The molecular weight excluding hydrogens is 266 g/mol. The predicted octanol–water partition coefficient (Wildman–Crippen LogP) is 1.97. The number of benzene rings is 1.